The highest BCUT2D eigenvalue weighted by Crippen LogP contribution is 2.23. The van der Waals surface area contributed by atoms with E-state index in [1.165, 1.54) is 12.8 Å². The van der Waals surface area contributed by atoms with Crippen LogP contribution in [0.15, 0.2) is 27.2 Å². The van der Waals surface area contributed by atoms with Crippen LogP contribution in [0.4, 0.5) is 0 Å². The molecule has 0 unspecified atom stereocenters. The average Bonchev–Trinajstić information content (AvgIpc) is 2.89. The number of oxazole rings is 1. The summed E-state index contributed by atoms with van der Waals surface area (Å²) in [5, 5.41) is 3.40. The zero-order valence-electron chi connectivity index (χ0n) is 9.90. The Morgan fingerprint density at radius 2 is 2.29 bits per heavy atom. The molecular weight excluding hydrogens is 216 g/mol. The van der Waals surface area contributed by atoms with E-state index in [-0.39, 0.29) is 0 Å². The van der Waals surface area contributed by atoms with E-state index in [0.717, 1.165) is 24.4 Å². The predicted molar refractivity (Wildman–Crippen MR) is 63.4 cm³/mol. The van der Waals surface area contributed by atoms with Crippen LogP contribution in [0.2, 0.25) is 0 Å². The molecule has 3 rings (SSSR count). The van der Waals surface area contributed by atoms with Crippen LogP contribution in [0.1, 0.15) is 31.2 Å². The van der Waals surface area contributed by atoms with Crippen LogP contribution in [-0.2, 0) is 13.0 Å². The van der Waals surface area contributed by atoms with Gasteiger partial charge >= 0.3 is 0 Å². The lowest BCUT2D eigenvalue weighted by molar-refractivity contribution is 0.490. The van der Waals surface area contributed by atoms with Crippen LogP contribution in [0.3, 0.4) is 0 Å². The van der Waals surface area contributed by atoms with Gasteiger partial charge in [0, 0.05) is 19.0 Å². The highest BCUT2D eigenvalue weighted by atomic mass is 16.4. The average molecular weight is 232 g/mol. The quantitative estimate of drug-likeness (QED) is 0.861. The largest absolute Gasteiger partial charge is 0.456 e. The van der Waals surface area contributed by atoms with Crippen molar-refractivity contribution in [3.8, 4) is 11.7 Å². The summed E-state index contributed by atoms with van der Waals surface area (Å²) in [6.07, 6.45) is 5.14. The Bertz CT molecular complexity index is 497. The van der Waals surface area contributed by atoms with E-state index in [1.807, 2.05) is 12.1 Å². The molecule has 0 aromatic carbocycles. The van der Waals surface area contributed by atoms with Crippen LogP contribution < -0.4 is 5.32 Å². The van der Waals surface area contributed by atoms with Crippen molar-refractivity contribution < 1.29 is 8.83 Å². The summed E-state index contributed by atoms with van der Waals surface area (Å²) in [5.74, 6) is 2.23. The van der Waals surface area contributed by atoms with E-state index in [0.29, 0.717) is 17.7 Å². The van der Waals surface area contributed by atoms with Crippen molar-refractivity contribution in [2.75, 3.05) is 0 Å². The van der Waals surface area contributed by atoms with Crippen molar-refractivity contribution in [1.82, 2.24) is 10.3 Å². The fourth-order valence-electron chi connectivity index (χ4n) is 1.72. The predicted octanol–water partition coefficient (Wildman–Crippen LogP) is 2.75. The van der Waals surface area contributed by atoms with Crippen molar-refractivity contribution in [1.29, 1.82) is 0 Å². The third kappa shape index (κ3) is 2.42. The van der Waals surface area contributed by atoms with Crippen molar-refractivity contribution in [3.63, 3.8) is 0 Å². The summed E-state index contributed by atoms with van der Waals surface area (Å²) in [4.78, 5) is 4.40. The summed E-state index contributed by atoms with van der Waals surface area (Å²) in [6, 6.07) is 4.55. The molecule has 0 aliphatic heterocycles. The minimum absolute atomic E-state index is 0.567. The molecular formula is C13H16N2O2. The van der Waals surface area contributed by atoms with Gasteiger partial charge in [0.15, 0.2) is 5.76 Å². The van der Waals surface area contributed by atoms with E-state index in [2.05, 4.69) is 17.2 Å². The maximum atomic E-state index is 5.59. The minimum Gasteiger partial charge on any atom is -0.456 e. The first-order valence-corrected chi connectivity index (χ1v) is 6.12. The van der Waals surface area contributed by atoms with E-state index >= 15 is 0 Å². The maximum absolute atomic E-state index is 5.59. The Morgan fingerprint density at radius 3 is 3.00 bits per heavy atom. The monoisotopic (exact) mass is 232 g/mol. The lowest BCUT2D eigenvalue weighted by atomic mass is 10.3. The van der Waals surface area contributed by atoms with Gasteiger partial charge in [0.25, 0.3) is 5.89 Å². The van der Waals surface area contributed by atoms with E-state index < -0.39 is 0 Å². The van der Waals surface area contributed by atoms with Gasteiger partial charge in [-0.3, -0.25) is 0 Å². The minimum atomic E-state index is 0.567. The van der Waals surface area contributed by atoms with Gasteiger partial charge in [-0.15, -0.1) is 0 Å². The second-order valence-electron chi connectivity index (χ2n) is 4.42. The van der Waals surface area contributed by atoms with E-state index in [1.54, 1.807) is 6.26 Å². The first kappa shape index (κ1) is 10.6. The van der Waals surface area contributed by atoms with Gasteiger partial charge in [0.1, 0.15) is 12.0 Å². The van der Waals surface area contributed by atoms with Gasteiger partial charge in [-0.2, -0.15) is 0 Å². The van der Waals surface area contributed by atoms with E-state index in [9.17, 15) is 0 Å². The van der Waals surface area contributed by atoms with Crippen LogP contribution in [0.25, 0.3) is 11.7 Å². The molecule has 0 spiro atoms. The van der Waals surface area contributed by atoms with Crippen molar-refractivity contribution in [2.24, 2.45) is 0 Å². The summed E-state index contributed by atoms with van der Waals surface area (Å²) in [7, 11) is 0. The smallest absolute Gasteiger partial charge is 0.263 e. The molecule has 1 fully saturated rings. The lowest BCUT2D eigenvalue weighted by Crippen LogP contribution is -2.15. The van der Waals surface area contributed by atoms with Crippen molar-refractivity contribution >= 4 is 0 Å². The third-order valence-electron chi connectivity index (χ3n) is 2.92. The number of hydrogen-bond acceptors (Lipinski definition) is 4. The molecule has 0 amide bonds. The Balaban J connectivity index is 1.69. The van der Waals surface area contributed by atoms with Gasteiger partial charge in [-0.25, -0.2) is 4.98 Å². The summed E-state index contributed by atoms with van der Waals surface area (Å²) in [5.41, 5.74) is 0.932. The lowest BCUT2D eigenvalue weighted by Gasteiger charge is -1.95. The molecule has 2 aromatic heterocycles. The Labute approximate surface area is 100 Å². The molecule has 0 atom stereocenters. The van der Waals surface area contributed by atoms with Crippen molar-refractivity contribution in [2.45, 2.75) is 38.8 Å². The number of aromatic nitrogens is 1. The first-order chi connectivity index (χ1) is 8.35. The molecule has 90 valence electrons. The standard InChI is InChI=1S/C13H16N2O2/c1-2-11-5-6-12(17-11)13-15-10(8-16-13)7-14-9-3-4-9/h5-6,8-9,14H,2-4,7H2,1H3. The summed E-state index contributed by atoms with van der Waals surface area (Å²) < 4.78 is 11.0. The highest BCUT2D eigenvalue weighted by Gasteiger charge is 2.20. The van der Waals surface area contributed by atoms with Gasteiger partial charge in [0.2, 0.25) is 0 Å². The second kappa shape index (κ2) is 4.37. The van der Waals surface area contributed by atoms with Gasteiger partial charge in [-0.1, -0.05) is 6.92 Å². The van der Waals surface area contributed by atoms with Gasteiger partial charge < -0.3 is 14.2 Å². The number of furan rings is 1. The maximum Gasteiger partial charge on any atom is 0.263 e. The third-order valence-corrected chi connectivity index (χ3v) is 2.92. The van der Waals surface area contributed by atoms with Crippen LogP contribution in [0, 0.1) is 0 Å². The zero-order valence-corrected chi connectivity index (χ0v) is 9.90. The molecule has 1 aliphatic rings. The molecule has 1 N–H and O–H groups in total. The normalized spacial score (nSPS) is 15.4. The topological polar surface area (TPSA) is 51.2 Å². The number of aryl methyl sites for hydroxylation is 1. The number of nitrogens with zero attached hydrogens (tertiary/aromatic N) is 1. The fourth-order valence-corrected chi connectivity index (χ4v) is 1.72. The van der Waals surface area contributed by atoms with Gasteiger partial charge in [-0.05, 0) is 25.0 Å². The molecule has 4 heteroatoms. The molecule has 0 saturated heterocycles. The molecule has 0 bridgehead atoms. The molecule has 17 heavy (non-hydrogen) atoms. The molecule has 2 heterocycles. The zero-order chi connectivity index (χ0) is 11.7. The molecule has 0 radical (unpaired) electrons. The molecule has 2 aromatic rings. The van der Waals surface area contributed by atoms with E-state index in [4.69, 9.17) is 8.83 Å². The fraction of sp³-hybridized carbons (Fsp3) is 0.462. The molecule has 1 aliphatic carbocycles. The first-order valence-electron chi connectivity index (χ1n) is 6.12. The van der Waals surface area contributed by atoms with Crippen LogP contribution in [0.5, 0.6) is 0 Å². The second-order valence-corrected chi connectivity index (χ2v) is 4.42. The molecule has 1 saturated carbocycles. The van der Waals surface area contributed by atoms with Crippen molar-refractivity contribution in [3.05, 3.63) is 29.9 Å². The van der Waals surface area contributed by atoms with Gasteiger partial charge in [0.05, 0.1) is 5.69 Å². The Kier molecular flexibility index (Phi) is 2.73. The number of rotatable bonds is 5. The number of nitrogens with one attached hydrogen (secondary N) is 1. The Morgan fingerprint density at radius 1 is 1.41 bits per heavy atom. The summed E-state index contributed by atoms with van der Waals surface area (Å²) >= 11 is 0. The summed E-state index contributed by atoms with van der Waals surface area (Å²) in [6.45, 7) is 2.83. The van der Waals surface area contributed by atoms with Crippen LogP contribution in [-0.4, -0.2) is 11.0 Å². The SMILES string of the molecule is CCc1ccc(-c2nc(CNC3CC3)co2)o1. The Hall–Kier alpha value is -1.55. The highest BCUT2D eigenvalue weighted by molar-refractivity contribution is 5.44. The number of hydrogen-bond donors (Lipinski definition) is 1. The van der Waals surface area contributed by atoms with Crippen LogP contribution >= 0.6 is 0 Å². The molecule has 4 nitrogen and oxygen atoms in total.